The second-order valence-corrected chi connectivity index (χ2v) is 6.22. The second kappa shape index (κ2) is 8.46. The van der Waals surface area contributed by atoms with E-state index in [2.05, 4.69) is 10.5 Å². The molecule has 2 aromatic rings. The summed E-state index contributed by atoms with van der Waals surface area (Å²) in [5.41, 5.74) is 1.09. The third-order valence-electron chi connectivity index (χ3n) is 4.10. The van der Waals surface area contributed by atoms with Crippen molar-refractivity contribution in [2.24, 2.45) is 5.16 Å². The lowest BCUT2D eigenvalue weighted by molar-refractivity contribution is -0.384. The Bertz CT molecular complexity index is 976. The maximum Gasteiger partial charge on any atom is 0.351 e. The number of amides is 1. The zero-order valence-corrected chi connectivity index (χ0v) is 15.2. The molecule has 2 unspecified atom stereocenters. The highest BCUT2D eigenvalue weighted by atomic mass is 19.1. The third-order valence-corrected chi connectivity index (χ3v) is 4.10. The summed E-state index contributed by atoms with van der Waals surface area (Å²) >= 11 is 0. The Kier molecular flexibility index (Phi) is 5.82. The number of anilines is 1. The lowest BCUT2D eigenvalue weighted by Gasteiger charge is -2.15. The molecule has 3 rings (SSSR count). The number of nitrogens with zero attached hydrogens (tertiary/aromatic N) is 2. The second-order valence-electron chi connectivity index (χ2n) is 6.22. The Balaban J connectivity index is 1.52. The van der Waals surface area contributed by atoms with Crippen LogP contribution in [0.4, 0.5) is 15.8 Å². The number of oxime groups is 1. The van der Waals surface area contributed by atoms with E-state index >= 15 is 0 Å². The van der Waals surface area contributed by atoms with Gasteiger partial charge in [0.1, 0.15) is 5.82 Å². The monoisotopic (exact) mass is 401 g/mol. The first-order valence-electron chi connectivity index (χ1n) is 8.58. The average Bonchev–Trinajstić information content (AvgIpc) is 3.19. The summed E-state index contributed by atoms with van der Waals surface area (Å²) in [7, 11) is 0. The molecule has 2 aromatic carbocycles. The Morgan fingerprint density at radius 1 is 1.31 bits per heavy atom. The first-order valence-corrected chi connectivity index (χ1v) is 8.58. The van der Waals surface area contributed by atoms with Crippen molar-refractivity contribution in [3.8, 4) is 0 Å². The highest BCUT2D eigenvalue weighted by Crippen LogP contribution is 2.20. The van der Waals surface area contributed by atoms with E-state index in [4.69, 9.17) is 9.57 Å². The van der Waals surface area contributed by atoms with Crippen LogP contribution in [0, 0.1) is 15.9 Å². The van der Waals surface area contributed by atoms with E-state index in [9.17, 15) is 24.1 Å². The molecule has 1 amide bonds. The van der Waals surface area contributed by atoms with E-state index in [1.165, 1.54) is 49.4 Å². The van der Waals surface area contributed by atoms with Crippen LogP contribution in [0.25, 0.3) is 0 Å². The number of halogens is 1. The van der Waals surface area contributed by atoms with E-state index in [1.54, 1.807) is 6.07 Å². The molecule has 1 N–H and O–H groups in total. The van der Waals surface area contributed by atoms with Gasteiger partial charge < -0.3 is 14.9 Å². The summed E-state index contributed by atoms with van der Waals surface area (Å²) in [6.45, 7) is 1.38. The molecule has 0 bridgehead atoms. The number of carbonyl (C=O) groups excluding carboxylic acids is 2. The first-order chi connectivity index (χ1) is 13.8. The van der Waals surface area contributed by atoms with Gasteiger partial charge in [0.15, 0.2) is 6.10 Å². The number of carbonyl (C=O) groups is 2. The molecule has 150 valence electrons. The van der Waals surface area contributed by atoms with Gasteiger partial charge in [-0.1, -0.05) is 17.3 Å². The van der Waals surface area contributed by atoms with Crippen LogP contribution >= 0.6 is 0 Å². The quantitative estimate of drug-likeness (QED) is 0.451. The van der Waals surface area contributed by atoms with Gasteiger partial charge in [0.05, 0.1) is 10.6 Å². The molecule has 0 saturated heterocycles. The molecule has 10 heteroatoms. The number of rotatable bonds is 6. The van der Waals surface area contributed by atoms with Gasteiger partial charge in [-0.25, -0.2) is 9.18 Å². The van der Waals surface area contributed by atoms with E-state index in [0.717, 1.165) is 0 Å². The number of esters is 1. The fourth-order valence-corrected chi connectivity index (χ4v) is 2.56. The molecule has 0 aromatic heterocycles. The zero-order valence-electron chi connectivity index (χ0n) is 15.2. The fourth-order valence-electron chi connectivity index (χ4n) is 2.56. The van der Waals surface area contributed by atoms with Crippen molar-refractivity contribution in [3.05, 3.63) is 70.0 Å². The van der Waals surface area contributed by atoms with Gasteiger partial charge in [0.25, 0.3) is 11.6 Å². The molecule has 0 aliphatic carbocycles. The Morgan fingerprint density at radius 2 is 2.03 bits per heavy atom. The van der Waals surface area contributed by atoms with Crippen molar-refractivity contribution in [1.29, 1.82) is 0 Å². The lowest BCUT2D eigenvalue weighted by atomic mass is 10.1. The van der Waals surface area contributed by atoms with Gasteiger partial charge in [-0.05, 0) is 31.2 Å². The molecule has 1 heterocycles. The summed E-state index contributed by atoms with van der Waals surface area (Å²) in [6.07, 6.45) is -2.10. The van der Waals surface area contributed by atoms with Crippen LogP contribution in [0.2, 0.25) is 0 Å². The highest BCUT2D eigenvalue weighted by molar-refractivity contribution is 6.03. The maximum atomic E-state index is 13.3. The van der Waals surface area contributed by atoms with Crippen LogP contribution < -0.4 is 5.32 Å². The fraction of sp³-hybridized carbons (Fsp3) is 0.211. The van der Waals surface area contributed by atoms with Gasteiger partial charge in [-0.15, -0.1) is 0 Å². The largest absolute Gasteiger partial charge is 0.450 e. The number of non-ortho nitro benzene ring substituents is 1. The van der Waals surface area contributed by atoms with Crippen LogP contribution in [0.15, 0.2) is 53.7 Å². The first kappa shape index (κ1) is 19.9. The standard InChI is InChI=1S/C19H16FN3O6/c1-11(18(24)21-14-5-7-15(8-6-14)23(26)27)28-19(25)17-10-16(22-29-17)12-3-2-4-13(20)9-12/h2-9,11,17H,10H2,1H3,(H,21,24). The molecule has 2 atom stereocenters. The van der Waals surface area contributed by atoms with Crippen molar-refractivity contribution in [1.82, 2.24) is 0 Å². The van der Waals surface area contributed by atoms with Crippen LogP contribution in [0.5, 0.6) is 0 Å². The highest BCUT2D eigenvalue weighted by Gasteiger charge is 2.32. The van der Waals surface area contributed by atoms with Crippen molar-refractivity contribution in [2.45, 2.75) is 25.6 Å². The van der Waals surface area contributed by atoms with Gasteiger partial charge >= 0.3 is 5.97 Å². The van der Waals surface area contributed by atoms with Crippen molar-refractivity contribution >= 4 is 29.0 Å². The van der Waals surface area contributed by atoms with Crippen LogP contribution in [0.1, 0.15) is 18.9 Å². The van der Waals surface area contributed by atoms with E-state index in [-0.39, 0.29) is 12.1 Å². The molecule has 1 aliphatic heterocycles. The van der Waals surface area contributed by atoms with Gasteiger partial charge in [0.2, 0.25) is 6.10 Å². The van der Waals surface area contributed by atoms with Gasteiger partial charge in [-0.2, -0.15) is 0 Å². The van der Waals surface area contributed by atoms with Gasteiger partial charge in [0, 0.05) is 29.8 Å². The minimum atomic E-state index is -1.14. The number of nitro groups is 1. The topological polar surface area (TPSA) is 120 Å². The molecular formula is C19H16FN3O6. The summed E-state index contributed by atoms with van der Waals surface area (Å²) in [5, 5.41) is 16.9. The van der Waals surface area contributed by atoms with Gasteiger partial charge in [-0.3, -0.25) is 14.9 Å². The van der Waals surface area contributed by atoms with E-state index in [1.807, 2.05) is 0 Å². The molecule has 0 radical (unpaired) electrons. The summed E-state index contributed by atoms with van der Waals surface area (Å²) < 4.78 is 18.4. The number of hydrogen-bond acceptors (Lipinski definition) is 7. The van der Waals surface area contributed by atoms with E-state index < -0.39 is 34.8 Å². The number of hydrogen-bond donors (Lipinski definition) is 1. The summed E-state index contributed by atoms with van der Waals surface area (Å²) in [6, 6.07) is 10.9. The van der Waals surface area contributed by atoms with E-state index in [0.29, 0.717) is 17.0 Å². The molecule has 1 aliphatic rings. The average molecular weight is 401 g/mol. The minimum absolute atomic E-state index is 0.0823. The smallest absolute Gasteiger partial charge is 0.351 e. The molecular weight excluding hydrogens is 385 g/mol. The molecule has 0 saturated carbocycles. The van der Waals surface area contributed by atoms with Crippen molar-refractivity contribution < 1.29 is 28.5 Å². The number of ether oxygens (including phenoxy) is 1. The molecule has 9 nitrogen and oxygen atoms in total. The lowest BCUT2D eigenvalue weighted by Crippen LogP contribution is -2.34. The van der Waals surface area contributed by atoms with Crippen LogP contribution in [-0.4, -0.2) is 34.7 Å². The zero-order chi connectivity index (χ0) is 21.0. The third kappa shape index (κ3) is 4.92. The van der Waals surface area contributed by atoms with Crippen molar-refractivity contribution in [3.63, 3.8) is 0 Å². The summed E-state index contributed by atoms with van der Waals surface area (Å²) in [5.74, 6) is -1.84. The van der Waals surface area contributed by atoms with Crippen LogP contribution in [0.3, 0.4) is 0 Å². The Hall–Kier alpha value is -3.82. The predicted molar refractivity (Wildman–Crippen MR) is 99.7 cm³/mol. The SMILES string of the molecule is CC(OC(=O)C1CC(c2cccc(F)c2)=NO1)C(=O)Nc1ccc([N+](=O)[O-])cc1. The molecule has 0 fully saturated rings. The molecule has 0 spiro atoms. The predicted octanol–water partition coefficient (Wildman–Crippen LogP) is 2.80. The Labute approximate surface area is 164 Å². The van der Waals surface area contributed by atoms with Crippen LogP contribution in [-0.2, 0) is 19.2 Å². The van der Waals surface area contributed by atoms with Crippen molar-refractivity contribution in [2.75, 3.05) is 5.32 Å². The Morgan fingerprint density at radius 3 is 2.69 bits per heavy atom. The number of nitrogens with one attached hydrogen (secondary N) is 1. The number of nitro benzene ring substituents is 1. The summed E-state index contributed by atoms with van der Waals surface area (Å²) in [4.78, 5) is 39.5. The maximum absolute atomic E-state index is 13.3. The normalized spacial score (nSPS) is 16.3. The minimum Gasteiger partial charge on any atom is -0.450 e. The number of benzene rings is 2. The molecule has 29 heavy (non-hydrogen) atoms.